The molecule has 3 aromatic carbocycles. The van der Waals surface area contributed by atoms with E-state index in [0.717, 1.165) is 16.5 Å². The van der Waals surface area contributed by atoms with Crippen LogP contribution >= 0.6 is 0 Å². The van der Waals surface area contributed by atoms with Gasteiger partial charge in [-0.2, -0.15) is 0 Å². The first-order valence-corrected chi connectivity index (χ1v) is 9.54. The number of hydrogen-bond donors (Lipinski definition) is 2. The Hall–Kier alpha value is -4.06. The van der Waals surface area contributed by atoms with Gasteiger partial charge < -0.3 is 20.4 Å². The van der Waals surface area contributed by atoms with Gasteiger partial charge in [-0.1, -0.05) is 48.5 Å². The average molecular weight is 399 g/mol. The number of nitrogens with two attached hydrogens (primary N) is 1. The van der Waals surface area contributed by atoms with E-state index in [2.05, 4.69) is 22.0 Å². The number of para-hydroxylation sites is 1. The minimum atomic E-state index is -0.542. The molecule has 0 unspecified atom stereocenters. The third-order valence-corrected chi connectivity index (χ3v) is 4.72. The van der Waals surface area contributed by atoms with Crippen LogP contribution < -0.4 is 15.8 Å². The maximum atomic E-state index is 13.0. The van der Waals surface area contributed by atoms with Crippen molar-refractivity contribution < 1.29 is 14.3 Å². The first kappa shape index (κ1) is 19.3. The largest absolute Gasteiger partial charge is 0.484 e. The summed E-state index contributed by atoms with van der Waals surface area (Å²) in [5, 5.41) is 3.82. The predicted molar refractivity (Wildman–Crippen MR) is 117 cm³/mol. The van der Waals surface area contributed by atoms with Crippen LogP contribution in [-0.4, -0.2) is 23.0 Å². The summed E-state index contributed by atoms with van der Waals surface area (Å²) in [7, 11) is 0. The van der Waals surface area contributed by atoms with Crippen LogP contribution in [0.4, 0.5) is 5.69 Å². The predicted octanol–water partition coefficient (Wildman–Crippen LogP) is 3.81. The van der Waals surface area contributed by atoms with Crippen molar-refractivity contribution in [2.24, 2.45) is 5.73 Å². The van der Waals surface area contributed by atoms with Gasteiger partial charge in [0.15, 0.2) is 6.61 Å². The van der Waals surface area contributed by atoms with E-state index in [1.807, 2.05) is 48.7 Å². The molecule has 4 aromatic rings. The third kappa shape index (κ3) is 4.33. The minimum absolute atomic E-state index is 0.188. The normalized spacial score (nSPS) is 10.7. The number of rotatable bonds is 7. The molecule has 6 nitrogen and oxygen atoms in total. The summed E-state index contributed by atoms with van der Waals surface area (Å²) in [6.07, 6.45) is 1.89. The summed E-state index contributed by atoms with van der Waals surface area (Å²) in [6, 6.07) is 24.8. The number of nitrogens with zero attached hydrogens (tertiary/aromatic N) is 1. The van der Waals surface area contributed by atoms with Gasteiger partial charge in [0.25, 0.3) is 11.8 Å². The van der Waals surface area contributed by atoms with Gasteiger partial charge in [0.05, 0.1) is 5.56 Å². The molecule has 1 aromatic heterocycles. The molecular formula is C24H21N3O3. The number of carbonyl (C=O) groups excluding carboxylic acids is 2. The monoisotopic (exact) mass is 399 g/mol. The molecule has 6 heteroatoms. The highest BCUT2D eigenvalue weighted by molar-refractivity contribution is 6.13. The van der Waals surface area contributed by atoms with Crippen molar-refractivity contribution >= 4 is 28.4 Å². The smallest absolute Gasteiger partial charge is 0.257 e. The van der Waals surface area contributed by atoms with Crippen LogP contribution in [0.1, 0.15) is 15.9 Å². The zero-order valence-electron chi connectivity index (χ0n) is 16.2. The Morgan fingerprint density at radius 2 is 1.60 bits per heavy atom. The van der Waals surface area contributed by atoms with Gasteiger partial charge in [0.1, 0.15) is 5.75 Å². The van der Waals surface area contributed by atoms with Crippen LogP contribution in [0.3, 0.4) is 0 Å². The number of carbonyl (C=O) groups is 2. The number of fused-ring (bicyclic) bond motifs is 1. The molecule has 4 rings (SSSR count). The Morgan fingerprint density at radius 1 is 0.900 bits per heavy atom. The molecule has 0 aliphatic carbocycles. The fraction of sp³-hybridized carbons (Fsp3) is 0.0833. The molecule has 30 heavy (non-hydrogen) atoms. The zero-order valence-corrected chi connectivity index (χ0v) is 16.2. The summed E-state index contributed by atoms with van der Waals surface area (Å²) in [5.41, 5.74) is 8.48. The second kappa shape index (κ2) is 8.53. The van der Waals surface area contributed by atoms with Crippen LogP contribution in [0.25, 0.3) is 10.9 Å². The lowest BCUT2D eigenvalue weighted by Crippen LogP contribution is -2.20. The molecule has 0 saturated heterocycles. The van der Waals surface area contributed by atoms with Crippen molar-refractivity contribution in [3.63, 3.8) is 0 Å². The van der Waals surface area contributed by atoms with Crippen molar-refractivity contribution in [2.75, 3.05) is 11.9 Å². The molecule has 0 saturated carbocycles. The van der Waals surface area contributed by atoms with Gasteiger partial charge >= 0.3 is 0 Å². The van der Waals surface area contributed by atoms with E-state index in [0.29, 0.717) is 23.5 Å². The fourth-order valence-electron chi connectivity index (χ4n) is 3.33. The Kier molecular flexibility index (Phi) is 5.48. The standard InChI is InChI=1S/C24H21N3O3/c25-23(28)16-30-19-12-10-18(11-13-19)26-24(29)21-15-27(14-17-6-2-1-3-7-17)22-9-5-4-8-20(21)22/h1-13,15H,14,16H2,(H2,25,28)(H,26,29). The summed E-state index contributed by atoms with van der Waals surface area (Å²) in [5.74, 6) is -0.227. The molecule has 3 N–H and O–H groups in total. The Bertz CT molecular complexity index is 1180. The molecule has 0 fully saturated rings. The zero-order chi connectivity index (χ0) is 20.9. The highest BCUT2D eigenvalue weighted by Gasteiger charge is 2.15. The molecule has 0 bridgehead atoms. The molecular weight excluding hydrogens is 378 g/mol. The maximum absolute atomic E-state index is 13.0. The molecule has 1 heterocycles. The van der Waals surface area contributed by atoms with Crippen molar-refractivity contribution in [3.8, 4) is 5.75 Å². The lowest BCUT2D eigenvalue weighted by molar-refractivity contribution is -0.119. The molecule has 0 atom stereocenters. The van der Waals surface area contributed by atoms with E-state index in [1.165, 1.54) is 0 Å². The Morgan fingerprint density at radius 3 is 2.33 bits per heavy atom. The third-order valence-electron chi connectivity index (χ3n) is 4.72. The Labute approximate surface area is 173 Å². The van der Waals surface area contributed by atoms with Crippen LogP contribution in [-0.2, 0) is 11.3 Å². The molecule has 2 amide bonds. The second-order valence-electron chi connectivity index (χ2n) is 6.91. The second-order valence-corrected chi connectivity index (χ2v) is 6.91. The van der Waals surface area contributed by atoms with E-state index in [9.17, 15) is 9.59 Å². The van der Waals surface area contributed by atoms with Gasteiger partial charge in [-0.15, -0.1) is 0 Å². The van der Waals surface area contributed by atoms with E-state index >= 15 is 0 Å². The maximum Gasteiger partial charge on any atom is 0.257 e. The van der Waals surface area contributed by atoms with E-state index in [1.54, 1.807) is 24.3 Å². The molecule has 0 spiro atoms. The van der Waals surface area contributed by atoms with Gasteiger partial charge in [0.2, 0.25) is 0 Å². The summed E-state index contributed by atoms with van der Waals surface area (Å²) >= 11 is 0. The number of aromatic nitrogens is 1. The van der Waals surface area contributed by atoms with Crippen LogP contribution in [0.5, 0.6) is 5.75 Å². The first-order valence-electron chi connectivity index (χ1n) is 9.54. The van der Waals surface area contributed by atoms with E-state index < -0.39 is 5.91 Å². The van der Waals surface area contributed by atoms with Crippen LogP contribution in [0, 0.1) is 0 Å². The molecule has 0 radical (unpaired) electrons. The van der Waals surface area contributed by atoms with Gasteiger partial charge in [0, 0.05) is 29.3 Å². The summed E-state index contributed by atoms with van der Waals surface area (Å²) in [6.45, 7) is 0.493. The number of anilines is 1. The van der Waals surface area contributed by atoms with Crippen molar-refractivity contribution in [1.29, 1.82) is 0 Å². The van der Waals surface area contributed by atoms with Gasteiger partial charge in [-0.25, -0.2) is 0 Å². The quantitative estimate of drug-likeness (QED) is 0.495. The first-order chi connectivity index (χ1) is 14.6. The number of benzene rings is 3. The number of ether oxygens (including phenoxy) is 1. The van der Waals surface area contributed by atoms with Gasteiger partial charge in [-0.05, 0) is 35.9 Å². The number of hydrogen-bond acceptors (Lipinski definition) is 3. The van der Waals surface area contributed by atoms with Gasteiger partial charge in [-0.3, -0.25) is 9.59 Å². The number of amides is 2. The van der Waals surface area contributed by atoms with Crippen LogP contribution in [0.2, 0.25) is 0 Å². The highest BCUT2D eigenvalue weighted by atomic mass is 16.5. The van der Waals surface area contributed by atoms with E-state index in [4.69, 9.17) is 10.5 Å². The lowest BCUT2D eigenvalue weighted by atomic mass is 10.1. The minimum Gasteiger partial charge on any atom is -0.484 e. The number of nitrogens with one attached hydrogen (secondary N) is 1. The van der Waals surface area contributed by atoms with E-state index in [-0.39, 0.29) is 12.5 Å². The summed E-state index contributed by atoms with van der Waals surface area (Å²) in [4.78, 5) is 23.8. The Balaban J connectivity index is 1.55. The van der Waals surface area contributed by atoms with Crippen molar-refractivity contribution in [1.82, 2.24) is 4.57 Å². The molecule has 150 valence electrons. The van der Waals surface area contributed by atoms with Crippen LogP contribution in [0.15, 0.2) is 85.1 Å². The van der Waals surface area contributed by atoms with Crippen molar-refractivity contribution in [3.05, 3.63) is 96.2 Å². The summed E-state index contributed by atoms with van der Waals surface area (Å²) < 4.78 is 7.32. The lowest BCUT2D eigenvalue weighted by Gasteiger charge is -2.07. The average Bonchev–Trinajstić information content (AvgIpc) is 3.13. The van der Waals surface area contributed by atoms with Crippen molar-refractivity contribution in [2.45, 2.75) is 6.54 Å². The molecule has 0 aliphatic heterocycles. The molecule has 0 aliphatic rings. The topological polar surface area (TPSA) is 86.4 Å². The highest BCUT2D eigenvalue weighted by Crippen LogP contribution is 2.24. The fourth-order valence-corrected chi connectivity index (χ4v) is 3.33. The SMILES string of the molecule is NC(=O)COc1ccc(NC(=O)c2cn(Cc3ccccc3)c3ccccc23)cc1. The number of primary amides is 1.